The van der Waals surface area contributed by atoms with E-state index >= 15 is 0 Å². The van der Waals surface area contributed by atoms with Crippen LogP contribution in [0.15, 0.2) is 12.2 Å². The van der Waals surface area contributed by atoms with Gasteiger partial charge in [0.25, 0.3) is 5.34 Å². The Labute approximate surface area is 96.7 Å². The van der Waals surface area contributed by atoms with Gasteiger partial charge in [0, 0.05) is 12.0 Å². The van der Waals surface area contributed by atoms with Crippen molar-refractivity contribution in [3.8, 4) is 0 Å². The zero-order valence-corrected chi connectivity index (χ0v) is 9.88. The van der Waals surface area contributed by atoms with Crippen molar-refractivity contribution in [1.29, 1.82) is 0 Å². The van der Waals surface area contributed by atoms with E-state index in [4.69, 9.17) is 14.9 Å². The molecule has 0 aliphatic rings. The Bertz CT molecular complexity index is 383. The molecule has 0 aliphatic heterocycles. The van der Waals surface area contributed by atoms with Crippen LogP contribution in [0.1, 0.15) is 13.3 Å². The molecule has 0 aromatic heterocycles. The van der Waals surface area contributed by atoms with Gasteiger partial charge >= 0.3 is 19.5 Å². The molecule has 98 valence electrons. The molecule has 1 atom stereocenters. The standard InChI is InChI=1S/C8H13O8P/c1-3-16-6(9)5(2)4-8(12,7(10)11)17(13,14)15/h12H,2-4H2,1H3,(H,10,11)(H2,13,14,15). The second kappa shape index (κ2) is 5.42. The summed E-state index contributed by atoms with van der Waals surface area (Å²) in [5.41, 5.74) is -0.542. The van der Waals surface area contributed by atoms with Crippen LogP contribution in [0.4, 0.5) is 0 Å². The van der Waals surface area contributed by atoms with Gasteiger partial charge in [0.15, 0.2) is 0 Å². The molecular weight excluding hydrogens is 255 g/mol. The number of carboxylic acids is 1. The first-order valence-electron chi connectivity index (χ1n) is 4.42. The monoisotopic (exact) mass is 268 g/mol. The predicted molar refractivity (Wildman–Crippen MR) is 55.0 cm³/mol. The maximum atomic E-state index is 11.1. The van der Waals surface area contributed by atoms with Crippen molar-refractivity contribution in [3.63, 3.8) is 0 Å². The third-order valence-electron chi connectivity index (χ3n) is 1.85. The van der Waals surface area contributed by atoms with E-state index in [1.807, 2.05) is 0 Å². The van der Waals surface area contributed by atoms with Crippen LogP contribution in [0, 0.1) is 0 Å². The molecule has 17 heavy (non-hydrogen) atoms. The van der Waals surface area contributed by atoms with E-state index < -0.39 is 36.9 Å². The van der Waals surface area contributed by atoms with Crippen molar-refractivity contribution in [2.75, 3.05) is 6.61 Å². The second-order valence-corrected chi connectivity index (χ2v) is 4.99. The summed E-state index contributed by atoms with van der Waals surface area (Å²) in [4.78, 5) is 39.2. The van der Waals surface area contributed by atoms with Gasteiger partial charge in [0.1, 0.15) is 0 Å². The molecule has 0 aliphatic carbocycles. The van der Waals surface area contributed by atoms with Gasteiger partial charge in [0.2, 0.25) is 0 Å². The Hall–Kier alpha value is -1.21. The lowest BCUT2D eigenvalue weighted by Crippen LogP contribution is -2.39. The molecule has 0 aromatic rings. The van der Waals surface area contributed by atoms with Crippen LogP contribution in [0.2, 0.25) is 0 Å². The average Bonchev–Trinajstić information content (AvgIpc) is 2.15. The molecule has 9 heteroatoms. The molecule has 1 unspecified atom stereocenters. The van der Waals surface area contributed by atoms with Crippen LogP contribution >= 0.6 is 7.60 Å². The fourth-order valence-electron chi connectivity index (χ4n) is 0.906. The summed E-state index contributed by atoms with van der Waals surface area (Å²) < 4.78 is 15.3. The third kappa shape index (κ3) is 3.64. The quantitative estimate of drug-likeness (QED) is 0.285. The molecule has 0 saturated carbocycles. The van der Waals surface area contributed by atoms with E-state index in [9.17, 15) is 19.3 Å². The van der Waals surface area contributed by atoms with E-state index in [2.05, 4.69) is 11.3 Å². The third-order valence-corrected chi connectivity index (χ3v) is 3.16. The van der Waals surface area contributed by atoms with Crippen LogP contribution in [-0.2, 0) is 18.9 Å². The fraction of sp³-hybridized carbons (Fsp3) is 0.500. The summed E-state index contributed by atoms with van der Waals surface area (Å²) in [6.45, 7) is 4.58. The first-order valence-corrected chi connectivity index (χ1v) is 6.03. The lowest BCUT2D eigenvalue weighted by atomic mass is 10.1. The van der Waals surface area contributed by atoms with E-state index in [1.54, 1.807) is 0 Å². The molecule has 0 amide bonds. The van der Waals surface area contributed by atoms with Gasteiger partial charge in [-0.3, -0.25) is 4.57 Å². The number of rotatable bonds is 6. The summed E-state index contributed by atoms with van der Waals surface area (Å²) >= 11 is 0. The molecule has 0 saturated heterocycles. The van der Waals surface area contributed by atoms with Gasteiger partial charge in [-0.25, -0.2) is 9.59 Å². The molecule has 0 aromatic carbocycles. The average molecular weight is 268 g/mol. The maximum Gasteiger partial charge on any atom is 0.368 e. The van der Waals surface area contributed by atoms with Crippen molar-refractivity contribution in [1.82, 2.24) is 0 Å². The zero-order chi connectivity index (χ0) is 13.9. The maximum absolute atomic E-state index is 11.1. The van der Waals surface area contributed by atoms with Crippen LogP contribution in [0.25, 0.3) is 0 Å². The smallest absolute Gasteiger partial charge is 0.368 e. The number of aliphatic hydroxyl groups is 1. The zero-order valence-electron chi connectivity index (χ0n) is 8.99. The van der Waals surface area contributed by atoms with Crippen molar-refractivity contribution < 1.29 is 38.9 Å². The van der Waals surface area contributed by atoms with Gasteiger partial charge in [-0.05, 0) is 6.92 Å². The van der Waals surface area contributed by atoms with Crippen molar-refractivity contribution in [2.45, 2.75) is 18.7 Å². The highest BCUT2D eigenvalue weighted by atomic mass is 31.2. The first kappa shape index (κ1) is 15.8. The van der Waals surface area contributed by atoms with E-state index in [0.717, 1.165) is 0 Å². The number of hydrogen-bond acceptors (Lipinski definition) is 5. The van der Waals surface area contributed by atoms with Crippen molar-refractivity contribution >= 4 is 19.5 Å². The number of carbonyl (C=O) groups excluding carboxylic acids is 1. The van der Waals surface area contributed by atoms with Gasteiger partial charge in [-0.2, -0.15) is 0 Å². The Balaban J connectivity index is 5.05. The summed E-state index contributed by atoms with van der Waals surface area (Å²) in [6, 6.07) is 0. The topological polar surface area (TPSA) is 141 Å². The number of aliphatic carboxylic acids is 1. The molecule has 0 heterocycles. The number of carboxylic acid groups (broad SMARTS) is 1. The summed E-state index contributed by atoms with van der Waals surface area (Å²) in [7, 11) is -5.37. The largest absolute Gasteiger partial charge is 0.479 e. The predicted octanol–water partition coefficient (Wildman–Crippen LogP) is -0.553. The molecule has 0 radical (unpaired) electrons. The molecule has 8 nitrogen and oxygen atoms in total. The molecule has 4 N–H and O–H groups in total. The van der Waals surface area contributed by atoms with Crippen molar-refractivity contribution in [3.05, 3.63) is 12.2 Å². The highest BCUT2D eigenvalue weighted by Gasteiger charge is 2.53. The van der Waals surface area contributed by atoms with Crippen molar-refractivity contribution in [2.24, 2.45) is 0 Å². The van der Waals surface area contributed by atoms with E-state index in [-0.39, 0.29) is 6.61 Å². The normalized spacial score (nSPS) is 14.8. The van der Waals surface area contributed by atoms with Gasteiger partial charge in [-0.1, -0.05) is 6.58 Å². The second-order valence-electron chi connectivity index (χ2n) is 3.17. The van der Waals surface area contributed by atoms with Crippen LogP contribution in [0.3, 0.4) is 0 Å². The highest BCUT2D eigenvalue weighted by molar-refractivity contribution is 7.54. The summed E-state index contributed by atoms with van der Waals surface area (Å²) in [6.07, 6.45) is -1.12. The van der Waals surface area contributed by atoms with Gasteiger partial charge < -0.3 is 24.7 Å². The molecule has 0 bridgehead atoms. The van der Waals surface area contributed by atoms with E-state index in [0.29, 0.717) is 0 Å². The summed E-state index contributed by atoms with van der Waals surface area (Å²) in [5, 5.41) is 14.6. The Morgan fingerprint density at radius 1 is 1.41 bits per heavy atom. The number of hydrogen-bond donors (Lipinski definition) is 4. The highest BCUT2D eigenvalue weighted by Crippen LogP contribution is 2.51. The van der Waals surface area contributed by atoms with Gasteiger partial charge in [0.05, 0.1) is 6.61 Å². The first-order chi connectivity index (χ1) is 7.56. The molecule has 0 spiro atoms. The minimum absolute atomic E-state index is 0.0146. The number of esters is 1. The lowest BCUT2D eigenvalue weighted by molar-refractivity contribution is -0.151. The van der Waals surface area contributed by atoms with E-state index in [1.165, 1.54) is 6.92 Å². The number of carbonyl (C=O) groups is 2. The van der Waals surface area contributed by atoms with Crippen LogP contribution in [0.5, 0.6) is 0 Å². The van der Waals surface area contributed by atoms with Crippen LogP contribution < -0.4 is 0 Å². The SMILES string of the molecule is C=C(CC(O)(C(=O)O)P(=O)(O)O)C(=O)OCC. The molecular formula is C8H13O8P. The summed E-state index contributed by atoms with van der Waals surface area (Å²) in [5.74, 6) is -3.17. The lowest BCUT2D eigenvalue weighted by Gasteiger charge is -2.24. The Kier molecular flexibility index (Phi) is 5.03. The molecule has 0 rings (SSSR count). The minimum atomic E-state index is -5.37. The minimum Gasteiger partial charge on any atom is -0.479 e. The fourth-order valence-corrected chi connectivity index (χ4v) is 1.55. The molecule has 0 fully saturated rings. The Morgan fingerprint density at radius 2 is 1.88 bits per heavy atom. The van der Waals surface area contributed by atoms with Crippen LogP contribution in [-0.4, -0.2) is 43.9 Å². The Morgan fingerprint density at radius 3 is 2.18 bits per heavy atom. The number of ether oxygens (including phenoxy) is 1. The van der Waals surface area contributed by atoms with Gasteiger partial charge in [-0.15, -0.1) is 0 Å².